The zero-order chi connectivity index (χ0) is 18.3. The minimum absolute atomic E-state index is 0.0104. The van der Waals surface area contributed by atoms with E-state index in [-0.39, 0.29) is 16.7 Å². The highest BCUT2D eigenvalue weighted by atomic mass is 35.5. The third-order valence-electron chi connectivity index (χ3n) is 4.10. The molecule has 7 heteroatoms. The van der Waals surface area contributed by atoms with Crippen LogP contribution in [-0.2, 0) is 4.79 Å². The Kier molecular flexibility index (Phi) is 4.14. The molecule has 1 aromatic heterocycles. The van der Waals surface area contributed by atoms with Crippen LogP contribution in [0.25, 0.3) is 22.9 Å². The highest BCUT2D eigenvalue weighted by Gasteiger charge is 2.25. The standard InChI is InChI=1S/C19H14ClN3O2S/c1-21-19-23-16(9-26-19)11-3-4-15-12(8-11)13(18(25)22-15)6-10-2-5-17(24)14(20)7-10/h2-9,24H,1H3,(H,21,23)(H,22,25)/b13-6-. The first-order valence-electron chi connectivity index (χ1n) is 7.85. The summed E-state index contributed by atoms with van der Waals surface area (Å²) in [4.78, 5) is 16.9. The number of halogens is 1. The maximum absolute atomic E-state index is 12.4. The molecule has 1 aliphatic rings. The molecule has 0 spiro atoms. The average molecular weight is 384 g/mol. The molecule has 0 atom stereocenters. The molecule has 5 nitrogen and oxygen atoms in total. The lowest BCUT2D eigenvalue weighted by Crippen LogP contribution is -2.03. The van der Waals surface area contributed by atoms with Gasteiger partial charge in [0, 0.05) is 34.8 Å². The molecular weight excluding hydrogens is 370 g/mol. The lowest BCUT2D eigenvalue weighted by atomic mass is 10.0. The lowest BCUT2D eigenvalue weighted by molar-refractivity contribution is -0.110. The van der Waals surface area contributed by atoms with Gasteiger partial charge in [-0.3, -0.25) is 4.79 Å². The predicted molar refractivity (Wildman–Crippen MR) is 107 cm³/mol. The summed E-state index contributed by atoms with van der Waals surface area (Å²) in [6.07, 6.45) is 1.76. The zero-order valence-electron chi connectivity index (χ0n) is 13.7. The molecule has 26 heavy (non-hydrogen) atoms. The van der Waals surface area contributed by atoms with Crippen molar-refractivity contribution in [1.82, 2.24) is 4.98 Å². The number of hydrogen-bond donors (Lipinski definition) is 3. The van der Waals surface area contributed by atoms with E-state index < -0.39 is 0 Å². The van der Waals surface area contributed by atoms with Gasteiger partial charge in [-0.15, -0.1) is 11.3 Å². The van der Waals surface area contributed by atoms with E-state index in [1.54, 1.807) is 18.2 Å². The van der Waals surface area contributed by atoms with Gasteiger partial charge in [0.15, 0.2) is 5.13 Å². The minimum atomic E-state index is -0.171. The fourth-order valence-corrected chi connectivity index (χ4v) is 3.66. The van der Waals surface area contributed by atoms with Crippen LogP contribution in [0.1, 0.15) is 11.1 Å². The Labute approximate surface area is 159 Å². The number of hydrogen-bond acceptors (Lipinski definition) is 5. The summed E-state index contributed by atoms with van der Waals surface area (Å²) in [5.74, 6) is -0.160. The van der Waals surface area contributed by atoms with Crippen molar-refractivity contribution in [3.63, 3.8) is 0 Å². The highest BCUT2D eigenvalue weighted by molar-refractivity contribution is 7.14. The number of thiazole rings is 1. The monoisotopic (exact) mass is 383 g/mol. The third-order valence-corrected chi connectivity index (χ3v) is 5.26. The number of carbonyl (C=O) groups is 1. The van der Waals surface area contributed by atoms with Crippen LogP contribution in [0.2, 0.25) is 5.02 Å². The van der Waals surface area contributed by atoms with Crippen LogP contribution >= 0.6 is 22.9 Å². The van der Waals surface area contributed by atoms with E-state index in [0.29, 0.717) is 5.57 Å². The predicted octanol–water partition coefficient (Wildman–Crippen LogP) is 4.70. The average Bonchev–Trinajstić information content (AvgIpc) is 3.23. The number of rotatable bonds is 3. The number of amides is 1. The van der Waals surface area contributed by atoms with Crippen LogP contribution in [0, 0.1) is 0 Å². The van der Waals surface area contributed by atoms with Crippen molar-refractivity contribution in [2.75, 3.05) is 17.7 Å². The first kappa shape index (κ1) is 16.6. The van der Waals surface area contributed by atoms with E-state index in [9.17, 15) is 9.90 Å². The second kappa shape index (κ2) is 6.48. The molecule has 0 unspecified atom stereocenters. The smallest absolute Gasteiger partial charge is 0.256 e. The molecule has 1 amide bonds. The number of fused-ring (bicyclic) bond motifs is 1. The fourth-order valence-electron chi connectivity index (χ4n) is 2.79. The quantitative estimate of drug-likeness (QED) is 0.573. The van der Waals surface area contributed by atoms with Crippen molar-refractivity contribution >= 4 is 51.3 Å². The number of phenolic OH excluding ortho intramolecular Hbond substituents is 1. The number of aromatic nitrogens is 1. The zero-order valence-corrected chi connectivity index (χ0v) is 15.3. The summed E-state index contributed by atoms with van der Waals surface area (Å²) >= 11 is 7.49. The van der Waals surface area contributed by atoms with E-state index in [0.717, 1.165) is 33.2 Å². The Hall–Kier alpha value is -2.83. The van der Waals surface area contributed by atoms with Crippen LogP contribution in [-0.4, -0.2) is 23.0 Å². The number of phenols is 1. The first-order valence-corrected chi connectivity index (χ1v) is 9.10. The summed E-state index contributed by atoms with van der Waals surface area (Å²) in [6.45, 7) is 0. The molecule has 0 bridgehead atoms. The number of nitrogens with zero attached hydrogens (tertiary/aromatic N) is 1. The SMILES string of the molecule is CNc1nc(-c2ccc3c(c2)/C(=C/c2ccc(O)c(Cl)c2)C(=O)N3)cs1. The largest absolute Gasteiger partial charge is 0.506 e. The van der Waals surface area contributed by atoms with Crippen molar-refractivity contribution in [1.29, 1.82) is 0 Å². The molecule has 0 aliphatic carbocycles. The normalized spacial score (nSPS) is 14.4. The van der Waals surface area contributed by atoms with Gasteiger partial charge in [-0.1, -0.05) is 23.7 Å². The second-order valence-electron chi connectivity index (χ2n) is 5.77. The van der Waals surface area contributed by atoms with Crippen molar-refractivity contribution in [3.05, 3.63) is 57.9 Å². The van der Waals surface area contributed by atoms with Crippen molar-refractivity contribution < 1.29 is 9.90 Å². The van der Waals surface area contributed by atoms with Crippen LogP contribution in [0.4, 0.5) is 10.8 Å². The molecule has 0 saturated carbocycles. The maximum Gasteiger partial charge on any atom is 0.256 e. The van der Waals surface area contributed by atoms with Crippen molar-refractivity contribution in [2.45, 2.75) is 0 Å². The Balaban J connectivity index is 1.77. The molecule has 2 aromatic carbocycles. The number of anilines is 2. The Bertz CT molecular complexity index is 1060. The maximum atomic E-state index is 12.4. The van der Waals surface area contributed by atoms with Crippen LogP contribution < -0.4 is 10.6 Å². The molecule has 1 aliphatic heterocycles. The summed E-state index contributed by atoms with van der Waals surface area (Å²) in [5.41, 5.74) is 4.66. The number of benzene rings is 2. The number of aromatic hydroxyl groups is 1. The van der Waals surface area contributed by atoms with Gasteiger partial charge in [0.05, 0.1) is 10.7 Å². The molecule has 4 rings (SSSR count). The van der Waals surface area contributed by atoms with E-state index in [1.165, 1.54) is 17.4 Å². The summed E-state index contributed by atoms with van der Waals surface area (Å²) in [5, 5.41) is 18.5. The molecular formula is C19H14ClN3O2S. The third kappa shape index (κ3) is 2.94. The molecule has 3 N–H and O–H groups in total. The molecule has 0 radical (unpaired) electrons. The van der Waals surface area contributed by atoms with Gasteiger partial charge >= 0.3 is 0 Å². The number of nitrogens with one attached hydrogen (secondary N) is 2. The van der Waals surface area contributed by atoms with Gasteiger partial charge in [-0.25, -0.2) is 4.98 Å². The van der Waals surface area contributed by atoms with Gasteiger partial charge in [-0.05, 0) is 35.9 Å². The molecule has 3 aromatic rings. The highest BCUT2D eigenvalue weighted by Crippen LogP contribution is 2.37. The number of carbonyl (C=O) groups excluding carboxylic acids is 1. The molecule has 0 saturated heterocycles. The van der Waals surface area contributed by atoms with E-state index in [4.69, 9.17) is 11.6 Å². The Morgan fingerprint density at radius 1 is 1.27 bits per heavy atom. The topological polar surface area (TPSA) is 74.2 Å². The summed E-state index contributed by atoms with van der Waals surface area (Å²) in [6, 6.07) is 10.6. The second-order valence-corrected chi connectivity index (χ2v) is 7.04. The lowest BCUT2D eigenvalue weighted by Gasteiger charge is -2.03. The minimum Gasteiger partial charge on any atom is -0.506 e. The molecule has 130 valence electrons. The van der Waals surface area contributed by atoms with E-state index in [2.05, 4.69) is 15.6 Å². The van der Waals surface area contributed by atoms with Gasteiger partial charge in [0.2, 0.25) is 0 Å². The Morgan fingerprint density at radius 2 is 2.12 bits per heavy atom. The Morgan fingerprint density at radius 3 is 2.85 bits per heavy atom. The van der Waals surface area contributed by atoms with Gasteiger partial charge in [-0.2, -0.15) is 0 Å². The fraction of sp³-hybridized carbons (Fsp3) is 0.0526. The molecule has 0 fully saturated rings. The first-order chi connectivity index (χ1) is 12.5. The van der Waals surface area contributed by atoms with Crippen LogP contribution in [0.15, 0.2) is 41.8 Å². The summed E-state index contributed by atoms with van der Waals surface area (Å²) in [7, 11) is 1.83. The van der Waals surface area contributed by atoms with Crippen LogP contribution in [0.5, 0.6) is 5.75 Å². The van der Waals surface area contributed by atoms with Crippen molar-refractivity contribution in [3.8, 4) is 17.0 Å². The van der Waals surface area contributed by atoms with Gasteiger partial charge in [0.1, 0.15) is 5.75 Å². The molecule has 2 heterocycles. The van der Waals surface area contributed by atoms with E-state index >= 15 is 0 Å². The van der Waals surface area contributed by atoms with Gasteiger partial charge in [0.25, 0.3) is 5.91 Å². The van der Waals surface area contributed by atoms with Crippen LogP contribution in [0.3, 0.4) is 0 Å². The van der Waals surface area contributed by atoms with Crippen molar-refractivity contribution in [2.24, 2.45) is 0 Å². The summed E-state index contributed by atoms with van der Waals surface area (Å²) < 4.78 is 0. The van der Waals surface area contributed by atoms with Gasteiger partial charge < -0.3 is 15.7 Å². The van der Waals surface area contributed by atoms with E-state index in [1.807, 2.05) is 30.6 Å².